The van der Waals surface area contributed by atoms with Crippen molar-refractivity contribution in [3.8, 4) is 0 Å². The molecule has 148 valence electrons. The van der Waals surface area contributed by atoms with Crippen LogP contribution in [0.1, 0.15) is 32.3 Å². The van der Waals surface area contributed by atoms with Crippen LogP contribution >= 0.6 is 0 Å². The molecule has 0 fully saturated rings. The highest BCUT2D eigenvalue weighted by atomic mass is 16.6. The Kier molecular flexibility index (Phi) is 8.91. The number of carbonyl (C=O) groups excluding carboxylic acids is 3. The van der Waals surface area contributed by atoms with E-state index in [9.17, 15) is 24.5 Å². The lowest BCUT2D eigenvalue weighted by Gasteiger charge is -2.25. The molecule has 0 aromatic heterocycles. The molecule has 0 radical (unpaired) electrons. The first kappa shape index (κ1) is 22.1. The van der Waals surface area contributed by atoms with Crippen molar-refractivity contribution in [2.45, 2.75) is 32.7 Å². The number of carbonyl (C=O) groups is 3. The van der Waals surface area contributed by atoms with Gasteiger partial charge in [-0.25, -0.2) is 4.79 Å². The van der Waals surface area contributed by atoms with Crippen LogP contribution in [-0.2, 0) is 28.6 Å². The molecule has 2 unspecified atom stereocenters. The number of ether oxygens (including phenoxy) is 3. The number of benzene rings is 1. The van der Waals surface area contributed by atoms with Gasteiger partial charge in [0.25, 0.3) is 0 Å². The molecule has 9 nitrogen and oxygen atoms in total. The fourth-order valence-electron chi connectivity index (χ4n) is 2.68. The molecular formula is C18H23NO8. The largest absolute Gasteiger partial charge is 0.465 e. The second-order valence-electron chi connectivity index (χ2n) is 5.40. The quantitative estimate of drug-likeness (QED) is 0.197. The summed E-state index contributed by atoms with van der Waals surface area (Å²) in [6.07, 6.45) is 0. The first-order chi connectivity index (χ1) is 12.9. The van der Waals surface area contributed by atoms with Crippen molar-refractivity contribution >= 4 is 17.9 Å². The van der Waals surface area contributed by atoms with Crippen LogP contribution in [0.3, 0.4) is 0 Å². The minimum atomic E-state index is -1.98. The summed E-state index contributed by atoms with van der Waals surface area (Å²) in [6, 6.07) is 5.83. The zero-order chi connectivity index (χ0) is 20.4. The molecule has 0 aliphatic rings. The molecule has 0 aliphatic carbocycles. The molecule has 0 amide bonds. The third-order valence-electron chi connectivity index (χ3n) is 3.72. The van der Waals surface area contributed by atoms with E-state index in [0.717, 1.165) is 0 Å². The van der Waals surface area contributed by atoms with Crippen molar-refractivity contribution < 1.29 is 33.5 Å². The maximum Gasteiger partial charge on any atom is 0.382 e. The fraction of sp³-hybridized carbons (Fsp3) is 0.500. The summed E-state index contributed by atoms with van der Waals surface area (Å²) >= 11 is 0. The molecule has 1 aromatic rings. The van der Waals surface area contributed by atoms with E-state index in [1.165, 1.54) is 32.9 Å². The lowest BCUT2D eigenvalue weighted by Crippen LogP contribution is -2.46. The highest BCUT2D eigenvalue weighted by molar-refractivity contribution is 5.97. The van der Waals surface area contributed by atoms with Crippen LogP contribution < -0.4 is 0 Å². The minimum Gasteiger partial charge on any atom is -0.465 e. The van der Waals surface area contributed by atoms with E-state index >= 15 is 0 Å². The Morgan fingerprint density at radius 2 is 1.33 bits per heavy atom. The van der Waals surface area contributed by atoms with Crippen LogP contribution in [0.4, 0.5) is 0 Å². The van der Waals surface area contributed by atoms with E-state index in [2.05, 4.69) is 0 Å². The lowest BCUT2D eigenvalue weighted by molar-refractivity contribution is -0.515. The van der Waals surface area contributed by atoms with Crippen molar-refractivity contribution in [2.24, 2.45) is 5.92 Å². The summed E-state index contributed by atoms with van der Waals surface area (Å²) < 4.78 is 14.7. The highest BCUT2D eigenvalue weighted by Crippen LogP contribution is 2.33. The summed E-state index contributed by atoms with van der Waals surface area (Å²) in [5.41, 5.74) is 0.248. The van der Waals surface area contributed by atoms with Crippen LogP contribution in [0.2, 0.25) is 0 Å². The number of nitro groups is 1. The fourth-order valence-corrected chi connectivity index (χ4v) is 2.68. The van der Waals surface area contributed by atoms with Crippen molar-refractivity contribution in [2.75, 3.05) is 19.8 Å². The molecule has 0 saturated carbocycles. The summed E-state index contributed by atoms with van der Waals surface area (Å²) in [6.45, 7) is 4.40. The molecule has 0 bridgehead atoms. The molecular weight excluding hydrogens is 358 g/mol. The molecule has 0 N–H and O–H groups in total. The first-order valence-corrected chi connectivity index (χ1v) is 8.57. The number of nitrogens with zero attached hydrogens (tertiary/aromatic N) is 1. The van der Waals surface area contributed by atoms with E-state index in [1.807, 2.05) is 0 Å². The van der Waals surface area contributed by atoms with Crippen LogP contribution in [0.5, 0.6) is 0 Å². The van der Waals surface area contributed by atoms with Crippen molar-refractivity contribution in [1.82, 2.24) is 0 Å². The smallest absolute Gasteiger partial charge is 0.382 e. The second-order valence-corrected chi connectivity index (χ2v) is 5.40. The summed E-state index contributed by atoms with van der Waals surface area (Å²) in [5, 5.41) is 11.7. The molecule has 1 aromatic carbocycles. The van der Waals surface area contributed by atoms with E-state index in [1.54, 1.807) is 18.2 Å². The van der Waals surface area contributed by atoms with E-state index < -0.39 is 40.7 Å². The van der Waals surface area contributed by atoms with Crippen molar-refractivity contribution in [3.05, 3.63) is 46.0 Å². The standard InChI is InChI=1S/C18H23NO8/c1-4-25-16(20)14(17(21)26-5-2)13(12-10-8-7-9-11-12)15(19(23)24)18(22)27-6-3/h7-11,13-15H,4-6H2,1-3H3. The van der Waals surface area contributed by atoms with Crippen LogP contribution in [0.25, 0.3) is 0 Å². The Bertz CT molecular complexity index is 643. The zero-order valence-corrected chi connectivity index (χ0v) is 15.5. The number of esters is 3. The van der Waals surface area contributed by atoms with Gasteiger partial charge in [-0.1, -0.05) is 30.3 Å². The van der Waals surface area contributed by atoms with Gasteiger partial charge in [-0.2, -0.15) is 0 Å². The second kappa shape index (κ2) is 10.9. The van der Waals surface area contributed by atoms with Gasteiger partial charge in [0.05, 0.1) is 25.7 Å². The first-order valence-electron chi connectivity index (χ1n) is 8.57. The van der Waals surface area contributed by atoms with Crippen LogP contribution in [-0.4, -0.2) is 48.7 Å². The molecule has 9 heteroatoms. The number of rotatable bonds is 10. The van der Waals surface area contributed by atoms with Gasteiger partial charge < -0.3 is 14.2 Å². The average molecular weight is 381 g/mol. The monoisotopic (exact) mass is 381 g/mol. The van der Waals surface area contributed by atoms with Gasteiger partial charge in [-0.05, 0) is 26.3 Å². The number of hydrogen-bond acceptors (Lipinski definition) is 8. The van der Waals surface area contributed by atoms with Gasteiger partial charge in [0, 0.05) is 4.92 Å². The molecule has 1 rings (SSSR count). The highest BCUT2D eigenvalue weighted by Gasteiger charge is 2.52. The molecule has 0 spiro atoms. The summed E-state index contributed by atoms with van der Waals surface area (Å²) in [4.78, 5) is 48.1. The maximum atomic E-state index is 12.5. The Morgan fingerprint density at radius 3 is 1.74 bits per heavy atom. The van der Waals surface area contributed by atoms with Gasteiger partial charge in [0.1, 0.15) is 0 Å². The molecule has 0 saturated heterocycles. The van der Waals surface area contributed by atoms with E-state index in [-0.39, 0.29) is 25.4 Å². The summed E-state index contributed by atoms with van der Waals surface area (Å²) in [5.74, 6) is -6.28. The van der Waals surface area contributed by atoms with Crippen molar-refractivity contribution in [3.63, 3.8) is 0 Å². The molecule has 27 heavy (non-hydrogen) atoms. The van der Waals surface area contributed by atoms with Crippen LogP contribution in [0, 0.1) is 16.0 Å². The van der Waals surface area contributed by atoms with E-state index in [0.29, 0.717) is 0 Å². The summed E-state index contributed by atoms with van der Waals surface area (Å²) in [7, 11) is 0. The van der Waals surface area contributed by atoms with Crippen LogP contribution in [0.15, 0.2) is 30.3 Å². The topological polar surface area (TPSA) is 122 Å². The predicted molar refractivity (Wildman–Crippen MR) is 93.4 cm³/mol. The molecule has 0 heterocycles. The average Bonchev–Trinajstić information content (AvgIpc) is 2.62. The molecule has 0 aliphatic heterocycles. The third kappa shape index (κ3) is 5.77. The SMILES string of the molecule is CCOC(=O)C(C(=O)OCC)C(c1ccccc1)C(C(=O)OCC)[N+](=O)[O-]. The Hall–Kier alpha value is -2.97. The Labute approximate surface area is 156 Å². The van der Waals surface area contributed by atoms with Crippen molar-refractivity contribution in [1.29, 1.82) is 0 Å². The maximum absolute atomic E-state index is 12.5. The minimum absolute atomic E-state index is 0.0429. The third-order valence-corrected chi connectivity index (χ3v) is 3.72. The Balaban J connectivity index is 3.56. The number of hydrogen-bond donors (Lipinski definition) is 0. The normalized spacial score (nSPS) is 12.7. The Morgan fingerprint density at radius 1 is 0.889 bits per heavy atom. The van der Waals surface area contributed by atoms with Gasteiger partial charge in [-0.3, -0.25) is 19.7 Å². The van der Waals surface area contributed by atoms with Gasteiger partial charge >= 0.3 is 23.9 Å². The van der Waals surface area contributed by atoms with Gasteiger partial charge in [0.15, 0.2) is 5.92 Å². The predicted octanol–water partition coefficient (Wildman–Crippen LogP) is 1.72. The molecule has 2 atom stereocenters. The van der Waals surface area contributed by atoms with Gasteiger partial charge in [-0.15, -0.1) is 0 Å². The van der Waals surface area contributed by atoms with E-state index in [4.69, 9.17) is 14.2 Å². The zero-order valence-electron chi connectivity index (χ0n) is 15.5. The lowest BCUT2D eigenvalue weighted by atomic mass is 9.80. The van der Waals surface area contributed by atoms with Gasteiger partial charge in [0.2, 0.25) is 0 Å².